The van der Waals surface area contributed by atoms with E-state index in [9.17, 15) is 13.5 Å². The van der Waals surface area contributed by atoms with Crippen LogP contribution in [0.5, 0.6) is 0 Å². The molecule has 0 saturated heterocycles. The molecule has 9 heteroatoms. The monoisotopic (exact) mass is 442 g/mol. The predicted octanol–water partition coefficient (Wildman–Crippen LogP) is 3.18. The quantitative estimate of drug-likeness (QED) is 0.553. The fourth-order valence-corrected chi connectivity index (χ4v) is 5.20. The first-order valence-corrected chi connectivity index (χ1v) is 11.7. The summed E-state index contributed by atoms with van der Waals surface area (Å²) in [5.74, 6) is 0.814. The fourth-order valence-electron chi connectivity index (χ4n) is 3.87. The topological polar surface area (TPSA) is 131 Å². The number of rotatable bonds is 5. The number of benzene rings is 1. The second-order valence-corrected chi connectivity index (χ2v) is 9.81. The number of aliphatic hydroxyl groups is 1. The van der Waals surface area contributed by atoms with E-state index >= 15 is 0 Å². The number of aromatic nitrogens is 2. The van der Waals surface area contributed by atoms with E-state index in [2.05, 4.69) is 14.9 Å². The summed E-state index contributed by atoms with van der Waals surface area (Å²) >= 11 is 0. The van der Waals surface area contributed by atoms with E-state index in [1.165, 1.54) is 0 Å². The number of nitrogens with one attached hydrogen (secondary N) is 1. The Morgan fingerprint density at radius 3 is 2.52 bits per heavy atom. The Morgan fingerprint density at radius 2 is 1.84 bits per heavy atom. The summed E-state index contributed by atoms with van der Waals surface area (Å²) in [7, 11) is -3.70. The SMILES string of the molecule is Cc1cc(-c2cc(-c3cc(S(=O)(=O)NC4CCC(O)CC4)ccc3C)cnc2N)on1. The van der Waals surface area contributed by atoms with Crippen LogP contribution in [0.2, 0.25) is 0 Å². The minimum Gasteiger partial charge on any atom is -0.393 e. The molecule has 1 aliphatic carbocycles. The van der Waals surface area contributed by atoms with Gasteiger partial charge in [-0.1, -0.05) is 11.2 Å². The van der Waals surface area contributed by atoms with E-state index in [0.29, 0.717) is 42.8 Å². The maximum Gasteiger partial charge on any atom is 0.240 e. The first-order valence-electron chi connectivity index (χ1n) is 10.2. The molecule has 4 N–H and O–H groups in total. The summed E-state index contributed by atoms with van der Waals surface area (Å²) in [5, 5.41) is 13.6. The van der Waals surface area contributed by atoms with Crippen LogP contribution in [0.25, 0.3) is 22.5 Å². The van der Waals surface area contributed by atoms with Gasteiger partial charge < -0.3 is 15.4 Å². The average Bonchev–Trinajstić information content (AvgIpc) is 3.16. The van der Waals surface area contributed by atoms with E-state index in [1.807, 2.05) is 19.9 Å². The number of nitrogen functional groups attached to an aromatic ring is 1. The van der Waals surface area contributed by atoms with Crippen molar-refractivity contribution in [3.63, 3.8) is 0 Å². The lowest BCUT2D eigenvalue weighted by molar-refractivity contribution is 0.120. The largest absolute Gasteiger partial charge is 0.393 e. The lowest BCUT2D eigenvalue weighted by Crippen LogP contribution is -2.38. The molecule has 0 bridgehead atoms. The molecule has 0 radical (unpaired) electrons. The number of aryl methyl sites for hydroxylation is 2. The van der Waals surface area contributed by atoms with Gasteiger partial charge in [-0.15, -0.1) is 0 Å². The van der Waals surface area contributed by atoms with Gasteiger partial charge in [-0.25, -0.2) is 18.1 Å². The lowest BCUT2D eigenvalue weighted by Gasteiger charge is -2.26. The number of nitrogens with two attached hydrogens (primary N) is 1. The van der Waals surface area contributed by atoms with Crippen LogP contribution in [0.3, 0.4) is 0 Å². The lowest BCUT2D eigenvalue weighted by atomic mass is 9.94. The van der Waals surface area contributed by atoms with Crippen molar-refractivity contribution in [1.82, 2.24) is 14.9 Å². The highest BCUT2D eigenvalue weighted by atomic mass is 32.2. The summed E-state index contributed by atoms with van der Waals surface area (Å²) in [4.78, 5) is 4.46. The molecule has 4 rings (SSSR count). The third kappa shape index (κ3) is 4.63. The molecule has 0 unspecified atom stereocenters. The summed E-state index contributed by atoms with van der Waals surface area (Å²) in [5.41, 5.74) is 9.75. The maximum absolute atomic E-state index is 13.0. The van der Waals surface area contributed by atoms with E-state index in [-0.39, 0.29) is 17.0 Å². The zero-order valence-corrected chi connectivity index (χ0v) is 18.3. The van der Waals surface area contributed by atoms with Crippen LogP contribution in [-0.2, 0) is 10.0 Å². The summed E-state index contributed by atoms with van der Waals surface area (Å²) in [6.07, 6.45) is 3.74. The van der Waals surface area contributed by atoms with Crippen LogP contribution in [0, 0.1) is 13.8 Å². The van der Waals surface area contributed by atoms with Gasteiger partial charge in [0.05, 0.1) is 22.3 Å². The van der Waals surface area contributed by atoms with Crippen molar-refractivity contribution < 1.29 is 18.0 Å². The maximum atomic E-state index is 13.0. The molecule has 3 aromatic rings. The molecule has 8 nitrogen and oxygen atoms in total. The Kier molecular flexibility index (Phi) is 5.83. The fraction of sp³-hybridized carbons (Fsp3) is 0.364. The van der Waals surface area contributed by atoms with Crippen molar-refractivity contribution in [3.8, 4) is 22.5 Å². The summed E-state index contributed by atoms with van der Waals surface area (Å²) in [6, 6.07) is 8.47. The first-order chi connectivity index (χ1) is 14.7. The third-order valence-corrected chi connectivity index (χ3v) is 7.18. The second kappa shape index (κ2) is 8.41. The van der Waals surface area contributed by atoms with Gasteiger partial charge >= 0.3 is 0 Å². The molecule has 31 heavy (non-hydrogen) atoms. The molecule has 2 heterocycles. The number of hydrogen-bond acceptors (Lipinski definition) is 7. The van der Waals surface area contributed by atoms with Crippen LogP contribution in [0.1, 0.15) is 36.9 Å². The van der Waals surface area contributed by atoms with E-state index in [0.717, 1.165) is 22.4 Å². The van der Waals surface area contributed by atoms with Gasteiger partial charge in [0.2, 0.25) is 10.0 Å². The predicted molar refractivity (Wildman–Crippen MR) is 118 cm³/mol. The first kappa shape index (κ1) is 21.5. The van der Waals surface area contributed by atoms with Crippen LogP contribution < -0.4 is 10.5 Å². The molecule has 1 aromatic carbocycles. The number of hydrogen-bond donors (Lipinski definition) is 3. The van der Waals surface area contributed by atoms with Gasteiger partial charge in [0.1, 0.15) is 5.82 Å². The number of pyridine rings is 1. The van der Waals surface area contributed by atoms with Crippen molar-refractivity contribution in [2.45, 2.75) is 56.6 Å². The molecular weight excluding hydrogens is 416 g/mol. The van der Waals surface area contributed by atoms with Crippen molar-refractivity contribution in [1.29, 1.82) is 0 Å². The van der Waals surface area contributed by atoms with Crippen molar-refractivity contribution in [2.24, 2.45) is 0 Å². The van der Waals surface area contributed by atoms with Gasteiger partial charge in [0.15, 0.2) is 5.76 Å². The molecular formula is C22H26N4O4S. The zero-order valence-electron chi connectivity index (χ0n) is 17.5. The highest BCUT2D eigenvalue weighted by Crippen LogP contribution is 2.32. The Hall–Kier alpha value is -2.75. The van der Waals surface area contributed by atoms with Gasteiger partial charge in [-0.2, -0.15) is 0 Å². The minimum absolute atomic E-state index is 0.169. The molecule has 2 aromatic heterocycles. The average molecular weight is 443 g/mol. The molecule has 164 valence electrons. The number of sulfonamides is 1. The summed E-state index contributed by atoms with van der Waals surface area (Å²) in [6.45, 7) is 3.73. The van der Waals surface area contributed by atoms with Crippen LogP contribution in [-0.4, -0.2) is 35.8 Å². The van der Waals surface area contributed by atoms with Crippen LogP contribution >= 0.6 is 0 Å². The minimum atomic E-state index is -3.70. The Balaban J connectivity index is 1.67. The van der Waals surface area contributed by atoms with E-state index < -0.39 is 10.0 Å². The van der Waals surface area contributed by atoms with Gasteiger partial charge in [0, 0.05) is 23.9 Å². The molecule has 0 spiro atoms. The normalized spacial score (nSPS) is 19.5. The molecule has 1 aliphatic rings. The second-order valence-electron chi connectivity index (χ2n) is 8.09. The Morgan fingerprint density at radius 1 is 1.10 bits per heavy atom. The van der Waals surface area contributed by atoms with Crippen LogP contribution in [0.15, 0.2) is 45.9 Å². The van der Waals surface area contributed by atoms with E-state index in [1.54, 1.807) is 30.5 Å². The van der Waals surface area contributed by atoms with E-state index in [4.69, 9.17) is 10.3 Å². The highest BCUT2D eigenvalue weighted by molar-refractivity contribution is 7.89. The molecule has 0 amide bonds. The van der Waals surface area contributed by atoms with Crippen molar-refractivity contribution in [2.75, 3.05) is 5.73 Å². The molecule has 1 saturated carbocycles. The number of aliphatic hydroxyl groups excluding tert-OH is 1. The van der Waals surface area contributed by atoms with Crippen molar-refractivity contribution >= 4 is 15.8 Å². The summed E-state index contributed by atoms with van der Waals surface area (Å²) < 4.78 is 34.1. The molecule has 1 fully saturated rings. The highest BCUT2D eigenvalue weighted by Gasteiger charge is 2.25. The number of nitrogens with zero attached hydrogens (tertiary/aromatic N) is 2. The zero-order chi connectivity index (χ0) is 22.2. The Bertz CT molecular complexity index is 1200. The number of anilines is 1. The van der Waals surface area contributed by atoms with Gasteiger partial charge in [-0.3, -0.25) is 0 Å². The molecule has 0 atom stereocenters. The van der Waals surface area contributed by atoms with Crippen LogP contribution in [0.4, 0.5) is 5.82 Å². The van der Waals surface area contributed by atoms with Crippen molar-refractivity contribution in [3.05, 3.63) is 47.8 Å². The smallest absolute Gasteiger partial charge is 0.240 e. The van der Waals surface area contributed by atoms with Gasteiger partial charge in [0.25, 0.3) is 0 Å². The van der Waals surface area contributed by atoms with Gasteiger partial charge in [-0.05, 0) is 68.9 Å². The standard InChI is InChI=1S/C22H26N4O4S/c1-13-3-8-18(31(28,29)26-16-4-6-17(27)7-5-16)11-19(13)15-10-20(22(23)24-12-15)21-9-14(2)25-30-21/h3,8-12,16-17,26-27H,4-7H2,1-2H3,(H2,23,24). The molecule has 0 aliphatic heterocycles. The Labute approximate surface area is 181 Å². The third-order valence-electron chi connectivity index (χ3n) is 5.66.